The van der Waals surface area contributed by atoms with Crippen molar-refractivity contribution < 1.29 is 12.6 Å². The molecule has 0 heterocycles. The summed E-state index contributed by atoms with van der Waals surface area (Å²) in [5.41, 5.74) is 0.819. The summed E-state index contributed by atoms with van der Waals surface area (Å²) in [4.78, 5) is 0. The molecule has 0 bridgehead atoms. The van der Waals surface area contributed by atoms with Crippen molar-refractivity contribution in [2.75, 3.05) is 6.26 Å². The predicted molar refractivity (Wildman–Crippen MR) is 53.8 cm³/mol. The lowest BCUT2D eigenvalue weighted by atomic mass is 10.2. The Morgan fingerprint density at radius 3 is 2.69 bits per heavy atom. The molecule has 0 N–H and O–H groups in total. The Labute approximate surface area is 86.0 Å². The van der Waals surface area contributed by atoms with Crippen molar-refractivity contribution in [2.45, 2.75) is 6.61 Å². The first-order valence-corrected chi connectivity index (χ1v) is 6.17. The minimum atomic E-state index is -3.35. The minimum absolute atomic E-state index is 0.0816. The summed E-state index contributed by atoms with van der Waals surface area (Å²) in [5.74, 6) is 0. The highest BCUT2D eigenvalue weighted by molar-refractivity contribution is 9.10. The quantitative estimate of drug-likeness (QED) is 0.784. The molecule has 0 aliphatic rings. The molecule has 1 rings (SSSR count). The van der Waals surface area contributed by atoms with E-state index in [0.29, 0.717) is 0 Å². The second-order valence-electron chi connectivity index (χ2n) is 2.60. The fraction of sp³-hybridized carbons (Fsp3) is 0.250. The molecule has 0 unspecified atom stereocenters. The van der Waals surface area contributed by atoms with Crippen LogP contribution in [0.5, 0.6) is 0 Å². The molecule has 0 saturated heterocycles. The number of hydrogen-bond acceptors (Lipinski definition) is 3. The second kappa shape index (κ2) is 4.21. The van der Waals surface area contributed by atoms with Gasteiger partial charge in [-0.2, -0.15) is 8.42 Å². The van der Waals surface area contributed by atoms with Gasteiger partial charge in [0.25, 0.3) is 10.1 Å². The van der Waals surface area contributed by atoms with E-state index in [1.807, 2.05) is 18.2 Å². The van der Waals surface area contributed by atoms with E-state index in [4.69, 9.17) is 0 Å². The van der Waals surface area contributed by atoms with E-state index < -0.39 is 10.1 Å². The van der Waals surface area contributed by atoms with Crippen molar-refractivity contribution in [1.29, 1.82) is 0 Å². The van der Waals surface area contributed by atoms with Crippen molar-refractivity contribution in [2.24, 2.45) is 0 Å². The van der Waals surface area contributed by atoms with Crippen LogP contribution >= 0.6 is 15.9 Å². The third kappa shape index (κ3) is 4.40. The third-order valence-electron chi connectivity index (χ3n) is 1.33. The smallest absolute Gasteiger partial charge is 0.264 e. The van der Waals surface area contributed by atoms with E-state index in [0.717, 1.165) is 16.3 Å². The first-order valence-electron chi connectivity index (χ1n) is 3.56. The summed E-state index contributed by atoms with van der Waals surface area (Å²) >= 11 is 3.28. The predicted octanol–water partition coefficient (Wildman–Crippen LogP) is 1.93. The topological polar surface area (TPSA) is 43.4 Å². The van der Waals surface area contributed by atoms with Gasteiger partial charge in [-0.05, 0) is 17.7 Å². The molecule has 5 heteroatoms. The van der Waals surface area contributed by atoms with Gasteiger partial charge in [-0.25, -0.2) is 0 Å². The summed E-state index contributed by atoms with van der Waals surface area (Å²) in [6.07, 6.45) is 1.03. The van der Waals surface area contributed by atoms with E-state index in [-0.39, 0.29) is 6.61 Å². The number of halogens is 1. The van der Waals surface area contributed by atoms with Crippen molar-refractivity contribution >= 4 is 26.0 Å². The van der Waals surface area contributed by atoms with Crippen molar-refractivity contribution in [1.82, 2.24) is 0 Å². The summed E-state index contributed by atoms with van der Waals surface area (Å²) in [6.45, 7) is 0.0816. The molecule has 0 radical (unpaired) electrons. The van der Waals surface area contributed by atoms with Gasteiger partial charge in [-0.15, -0.1) is 0 Å². The lowest BCUT2D eigenvalue weighted by Gasteiger charge is -2.01. The Hall–Kier alpha value is -0.390. The molecule has 0 atom stereocenters. The number of benzene rings is 1. The Morgan fingerprint density at radius 1 is 1.46 bits per heavy atom. The van der Waals surface area contributed by atoms with Gasteiger partial charge in [-0.1, -0.05) is 28.1 Å². The zero-order valence-electron chi connectivity index (χ0n) is 7.03. The van der Waals surface area contributed by atoms with Crippen LogP contribution in [0, 0.1) is 0 Å². The molecule has 0 aromatic heterocycles. The van der Waals surface area contributed by atoms with Gasteiger partial charge in [-0.3, -0.25) is 4.18 Å². The fourth-order valence-electron chi connectivity index (χ4n) is 0.802. The van der Waals surface area contributed by atoms with E-state index in [1.54, 1.807) is 6.07 Å². The van der Waals surface area contributed by atoms with Crippen molar-refractivity contribution in [3.8, 4) is 0 Å². The van der Waals surface area contributed by atoms with Gasteiger partial charge in [0.1, 0.15) is 0 Å². The first-order chi connectivity index (χ1) is 5.97. The van der Waals surface area contributed by atoms with Crippen LogP contribution in [0.2, 0.25) is 0 Å². The number of hydrogen-bond donors (Lipinski definition) is 0. The van der Waals surface area contributed by atoms with E-state index in [9.17, 15) is 8.42 Å². The summed E-state index contributed by atoms with van der Waals surface area (Å²) < 4.78 is 26.8. The van der Waals surface area contributed by atoms with Crippen molar-refractivity contribution in [3.05, 3.63) is 34.3 Å². The normalized spacial score (nSPS) is 11.5. The fourth-order valence-corrected chi connectivity index (χ4v) is 1.60. The minimum Gasteiger partial charge on any atom is -0.265 e. The number of rotatable bonds is 3. The molecule has 1 aromatic rings. The van der Waals surface area contributed by atoms with E-state index in [1.165, 1.54) is 0 Å². The summed E-state index contributed by atoms with van der Waals surface area (Å²) in [7, 11) is -3.35. The molecule has 0 saturated carbocycles. The van der Waals surface area contributed by atoms with Crippen LogP contribution in [0.15, 0.2) is 28.7 Å². The molecule has 1 aromatic carbocycles. The zero-order valence-corrected chi connectivity index (χ0v) is 9.43. The zero-order chi connectivity index (χ0) is 9.90. The van der Waals surface area contributed by atoms with Crippen LogP contribution in [0.4, 0.5) is 0 Å². The molecular weight excluding hydrogens is 256 g/mol. The van der Waals surface area contributed by atoms with Crippen LogP contribution < -0.4 is 0 Å². The Kier molecular flexibility index (Phi) is 3.47. The van der Waals surface area contributed by atoms with Crippen LogP contribution in [-0.2, 0) is 20.9 Å². The van der Waals surface area contributed by atoms with Crippen LogP contribution in [0.1, 0.15) is 5.56 Å². The first kappa shape index (κ1) is 10.7. The highest BCUT2D eigenvalue weighted by atomic mass is 79.9. The maximum atomic E-state index is 10.7. The average molecular weight is 265 g/mol. The van der Waals surface area contributed by atoms with Crippen molar-refractivity contribution in [3.63, 3.8) is 0 Å². The Bertz CT molecular complexity index is 386. The van der Waals surface area contributed by atoms with Gasteiger partial charge in [0.05, 0.1) is 12.9 Å². The monoisotopic (exact) mass is 264 g/mol. The lowest BCUT2D eigenvalue weighted by molar-refractivity contribution is 0.311. The van der Waals surface area contributed by atoms with Crippen LogP contribution in [0.25, 0.3) is 0 Å². The average Bonchev–Trinajstić information content (AvgIpc) is 2.00. The second-order valence-corrected chi connectivity index (χ2v) is 5.16. The third-order valence-corrected chi connectivity index (χ3v) is 2.37. The SMILES string of the molecule is CS(=O)(=O)OCc1cccc(Br)c1. The van der Waals surface area contributed by atoms with Gasteiger partial charge in [0.15, 0.2) is 0 Å². The lowest BCUT2D eigenvalue weighted by Crippen LogP contribution is -2.02. The molecule has 0 spiro atoms. The highest BCUT2D eigenvalue weighted by Gasteiger charge is 2.02. The summed E-state index contributed by atoms with van der Waals surface area (Å²) in [6, 6.07) is 7.30. The maximum Gasteiger partial charge on any atom is 0.264 e. The Morgan fingerprint density at radius 2 is 2.15 bits per heavy atom. The van der Waals surface area contributed by atoms with E-state index >= 15 is 0 Å². The van der Waals surface area contributed by atoms with E-state index in [2.05, 4.69) is 20.1 Å². The molecule has 0 fully saturated rings. The molecular formula is C8H9BrO3S. The van der Waals surface area contributed by atoms with Crippen LogP contribution in [0.3, 0.4) is 0 Å². The Balaban J connectivity index is 2.65. The molecule has 13 heavy (non-hydrogen) atoms. The molecule has 0 aliphatic carbocycles. The largest absolute Gasteiger partial charge is 0.265 e. The molecule has 0 aliphatic heterocycles. The van der Waals surface area contributed by atoms with Gasteiger partial charge >= 0.3 is 0 Å². The standard InChI is InChI=1S/C8H9BrO3S/c1-13(10,11)12-6-7-3-2-4-8(9)5-7/h2-5H,6H2,1H3. The molecule has 72 valence electrons. The summed E-state index contributed by atoms with van der Waals surface area (Å²) in [5, 5.41) is 0. The maximum absolute atomic E-state index is 10.7. The van der Waals surface area contributed by atoms with Crippen LogP contribution in [-0.4, -0.2) is 14.7 Å². The molecule has 3 nitrogen and oxygen atoms in total. The van der Waals surface area contributed by atoms with Gasteiger partial charge < -0.3 is 0 Å². The molecule has 0 amide bonds. The van der Waals surface area contributed by atoms with Gasteiger partial charge in [0.2, 0.25) is 0 Å². The van der Waals surface area contributed by atoms with Gasteiger partial charge in [0, 0.05) is 4.47 Å². The highest BCUT2D eigenvalue weighted by Crippen LogP contribution is 2.12.